The molecule has 0 spiro atoms. The summed E-state index contributed by atoms with van der Waals surface area (Å²) in [6.45, 7) is 3.90. The molecule has 0 radical (unpaired) electrons. The van der Waals surface area contributed by atoms with Gasteiger partial charge in [0, 0.05) is 13.1 Å². The van der Waals surface area contributed by atoms with E-state index in [1.54, 1.807) is 0 Å². The maximum Gasteiger partial charge on any atom is 0.0168 e. The first-order valence-electron chi connectivity index (χ1n) is 4.36. The van der Waals surface area contributed by atoms with E-state index in [1.807, 2.05) is 11.1 Å². The lowest BCUT2D eigenvalue weighted by Gasteiger charge is -2.12. The second kappa shape index (κ2) is 12.1. The summed E-state index contributed by atoms with van der Waals surface area (Å²) in [6.07, 6.45) is 1.03. The highest BCUT2D eigenvalue weighted by atomic mass is 35.5. The number of likely N-dealkylation sites (N-methyl/N-ethyl adjacent to an activating group) is 1. The van der Waals surface area contributed by atoms with E-state index in [2.05, 4.69) is 31.2 Å². The molecule has 5 heteroatoms. The minimum atomic E-state index is 0. The highest BCUT2D eigenvalue weighted by Gasteiger charge is 1.95. The van der Waals surface area contributed by atoms with Gasteiger partial charge in [-0.3, -0.25) is 5.84 Å². The lowest BCUT2D eigenvalue weighted by atomic mass is 10.1. The maximum absolute atomic E-state index is 5.65. The molecule has 0 amide bonds. The zero-order chi connectivity index (χ0) is 8.81. The van der Waals surface area contributed by atoms with E-state index in [1.165, 1.54) is 5.56 Å². The Morgan fingerprint density at radius 3 is 2.07 bits per heavy atom. The Morgan fingerprint density at radius 1 is 1.07 bits per heavy atom. The smallest absolute Gasteiger partial charge is 0.0168 e. The van der Waals surface area contributed by atoms with Crippen LogP contribution in [-0.2, 0) is 6.42 Å². The Labute approximate surface area is 110 Å². The van der Waals surface area contributed by atoms with E-state index < -0.39 is 0 Å². The van der Waals surface area contributed by atoms with E-state index in [0.717, 1.165) is 19.5 Å². The van der Waals surface area contributed by atoms with Gasteiger partial charge in [-0.2, -0.15) is 0 Å². The van der Waals surface area contributed by atoms with Crippen molar-refractivity contribution in [1.29, 1.82) is 0 Å². The molecule has 0 aromatic heterocycles. The van der Waals surface area contributed by atoms with E-state index in [-0.39, 0.29) is 37.2 Å². The fourth-order valence-corrected chi connectivity index (χ4v) is 1.08. The molecule has 2 N–H and O–H groups in total. The van der Waals surface area contributed by atoms with Crippen molar-refractivity contribution in [3.05, 3.63) is 35.9 Å². The van der Waals surface area contributed by atoms with Crippen LogP contribution >= 0.6 is 37.2 Å². The zero-order valence-corrected chi connectivity index (χ0v) is 11.2. The van der Waals surface area contributed by atoms with Gasteiger partial charge in [-0.05, 0) is 12.0 Å². The molecule has 1 aromatic rings. The molecule has 0 bridgehead atoms. The van der Waals surface area contributed by atoms with Crippen LogP contribution in [0.2, 0.25) is 0 Å². The first-order valence-corrected chi connectivity index (χ1v) is 4.36. The second-order valence-electron chi connectivity index (χ2n) is 2.86. The summed E-state index contributed by atoms with van der Waals surface area (Å²) in [7, 11) is 0. The average molecular weight is 274 g/mol. The molecule has 0 aliphatic rings. The van der Waals surface area contributed by atoms with Crippen molar-refractivity contribution in [2.75, 3.05) is 13.1 Å². The largest absolute Gasteiger partial charge is 0.269 e. The highest BCUT2D eigenvalue weighted by molar-refractivity contribution is 5.86. The second-order valence-corrected chi connectivity index (χ2v) is 2.86. The van der Waals surface area contributed by atoms with Crippen molar-refractivity contribution in [1.82, 2.24) is 5.01 Å². The zero-order valence-electron chi connectivity index (χ0n) is 8.76. The SMILES string of the molecule is CCN(N)CCc1ccccc1.Cl.Cl.Cl. The summed E-state index contributed by atoms with van der Waals surface area (Å²) < 4.78 is 0. The Kier molecular flexibility index (Phi) is 16.5. The van der Waals surface area contributed by atoms with Crippen LogP contribution in [-0.4, -0.2) is 18.1 Å². The Bertz CT molecular complexity index is 219. The summed E-state index contributed by atoms with van der Waals surface area (Å²) in [5, 5.41) is 1.83. The van der Waals surface area contributed by atoms with Gasteiger partial charge >= 0.3 is 0 Å². The number of nitrogens with two attached hydrogens (primary N) is 1. The van der Waals surface area contributed by atoms with E-state index in [9.17, 15) is 0 Å². The minimum Gasteiger partial charge on any atom is -0.269 e. The molecular weight excluding hydrogens is 254 g/mol. The van der Waals surface area contributed by atoms with Gasteiger partial charge in [-0.25, -0.2) is 5.01 Å². The van der Waals surface area contributed by atoms with Gasteiger partial charge in [0.2, 0.25) is 0 Å². The molecule has 1 rings (SSSR count). The van der Waals surface area contributed by atoms with Crippen LogP contribution < -0.4 is 5.84 Å². The minimum absolute atomic E-state index is 0. The molecule has 0 saturated carbocycles. The molecule has 0 saturated heterocycles. The summed E-state index contributed by atoms with van der Waals surface area (Å²) in [4.78, 5) is 0. The molecule has 0 fully saturated rings. The normalized spacial score (nSPS) is 8.47. The third-order valence-electron chi connectivity index (χ3n) is 1.94. The van der Waals surface area contributed by atoms with Gasteiger partial charge in [0.05, 0.1) is 0 Å². The average Bonchev–Trinajstić information content (AvgIpc) is 2.16. The molecule has 0 heterocycles. The molecule has 1 aromatic carbocycles. The topological polar surface area (TPSA) is 29.3 Å². The van der Waals surface area contributed by atoms with E-state index in [4.69, 9.17) is 5.84 Å². The summed E-state index contributed by atoms with van der Waals surface area (Å²) >= 11 is 0. The number of hydrazine groups is 1. The van der Waals surface area contributed by atoms with Gasteiger partial charge < -0.3 is 0 Å². The van der Waals surface area contributed by atoms with Crippen LogP contribution in [0.25, 0.3) is 0 Å². The molecule has 0 aliphatic carbocycles. The van der Waals surface area contributed by atoms with Crippen molar-refractivity contribution in [2.24, 2.45) is 5.84 Å². The fourth-order valence-electron chi connectivity index (χ4n) is 1.08. The third-order valence-corrected chi connectivity index (χ3v) is 1.94. The van der Waals surface area contributed by atoms with E-state index in [0.29, 0.717) is 0 Å². The van der Waals surface area contributed by atoms with Crippen LogP contribution in [0.15, 0.2) is 30.3 Å². The monoisotopic (exact) mass is 272 g/mol. The Hall–Kier alpha value is 0.01000. The van der Waals surface area contributed by atoms with Gasteiger partial charge in [0.15, 0.2) is 0 Å². The Morgan fingerprint density at radius 2 is 1.60 bits per heavy atom. The van der Waals surface area contributed by atoms with Gasteiger partial charge in [-0.1, -0.05) is 37.3 Å². The lowest BCUT2D eigenvalue weighted by molar-refractivity contribution is 0.303. The first kappa shape index (κ1) is 20.4. The first-order chi connectivity index (χ1) is 5.83. The third kappa shape index (κ3) is 8.97. The van der Waals surface area contributed by atoms with Crippen molar-refractivity contribution >= 4 is 37.2 Å². The van der Waals surface area contributed by atoms with Crippen LogP contribution in [0.3, 0.4) is 0 Å². The van der Waals surface area contributed by atoms with Crippen molar-refractivity contribution in [2.45, 2.75) is 13.3 Å². The predicted molar refractivity (Wildman–Crippen MR) is 73.3 cm³/mol. The molecule has 2 nitrogen and oxygen atoms in total. The van der Waals surface area contributed by atoms with Crippen LogP contribution in [0.5, 0.6) is 0 Å². The van der Waals surface area contributed by atoms with Crippen LogP contribution in [0, 0.1) is 0 Å². The highest BCUT2D eigenvalue weighted by Crippen LogP contribution is 1.99. The molecular formula is C10H19Cl3N2. The van der Waals surface area contributed by atoms with Crippen molar-refractivity contribution in [3.8, 4) is 0 Å². The summed E-state index contributed by atoms with van der Waals surface area (Å²) in [5.41, 5.74) is 1.35. The maximum atomic E-state index is 5.65. The standard InChI is InChI=1S/C10H16N2.3ClH/c1-2-12(11)9-8-10-6-4-3-5-7-10;;;/h3-7H,2,8-9,11H2,1H3;3*1H. The predicted octanol–water partition coefficient (Wildman–Crippen LogP) is 2.69. The van der Waals surface area contributed by atoms with Crippen molar-refractivity contribution < 1.29 is 0 Å². The van der Waals surface area contributed by atoms with Crippen LogP contribution in [0.4, 0.5) is 0 Å². The molecule has 0 unspecified atom stereocenters. The van der Waals surface area contributed by atoms with Gasteiger partial charge in [0.1, 0.15) is 0 Å². The van der Waals surface area contributed by atoms with Gasteiger partial charge in [0.25, 0.3) is 0 Å². The van der Waals surface area contributed by atoms with Gasteiger partial charge in [-0.15, -0.1) is 37.2 Å². The Balaban J connectivity index is -0.000000480. The quantitative estimate of drug-likeness (QED) is 0.675. The molecule has 15 heavy (non-hydrogen) atoms. The number of hydrogen-bond donors (Lipinski definition) is 1. The molecule has 0 atom stereocenters. The number of halogens is 3. The number of nitrogens with zero attached hydrogens (tertiary/aromatic N) is 1. The number of hydrogen-bond acceptors (Lipinski definition) is 2. The van der Waals surface area contributed by atoms with E-state index >= 15 is 0 Å². The fraction of sp³-hybridized carbons (Fsp3) is 0.400. The molecule has 0 aliphatic heterocycles. The number of rotatable bonds is 4. The summed E-state index contributed by atoms with van der Waals surface area (Å²) in [5.74, 6) is 5.65. The lowest BCUT2D eigenvalue weighted by Crippen LogP contribution is -2.32. The number of benzene rings is 1. The van der Waals surface area contributed by atoms with Crippen LogP contribution in [0.1, 0.15) is 12.5 Å². The molecule has 90 valence electrons. The summed E-state index contributed by atoms with van der Waals surface area (Å²) in [6, 6.07) is 10.4. The van der Waals surface area contributed by atoms with Crippen molar-refractivity contribution in [3.63, 3.8) is 0 Å².